The van der Waals surface area contributed by atoms with Crippen molar-refractivity contribution in [2.45, 2.75) is 62.0 Å². The van der Waals surface area contributed by atoms with Gasteiger partial charge in [-0.05, 0) is 69.2 Å². The Bertz CT molecular complexity index is 542. The molecular formula is C19H28N2OS. The molecule has 1 aromatic rings. The van der Waals surface area contributed by atoms with Crippen molar-refractivity contribution < 1.29 is 4.74 Å². The first-order chi connectivity index (χ1) is 11.3. The zero-order valence-electron chi connectivity index (χ0n) is 14.2. The molecule has 2 aliphatic heterocycles. The van der Waals surface area contributed by atoms with E-state index >= 15 is 0 Å². The third-order valence-electron chi connectivity index (χ3n) is 5.65. The average Bonchev–Trinajstić information content (AvgIpc) is 3.07. The lowest BCUT2D eigenvalue weighted by Gasteiger charge is -2.26. The Kier molecular flexibility index (Phi) is 4.93. The molecule has 1 aliphatic carbocycles. The van der Waals surface area contributed by atoms with Gasteiger partial charge >= 0.3 is 0 Å². The normalized spacial score (nSPS) is 32.0. The molecule has 0 amide bonds. The molecule has 3 atom stereocenters. The van der Waals surface area contributed by atoms with Gasteiger partial charge in [0.2, 0.25) is 0 Å². The first-order valence-electron chi connectivity index (χ1n) is 9.22. The van der Waals surface area contributed by atoms with Gasteiger partial charge < -0.3 is 4.74 Å². The topological polar surface area (TPSA) is 25.4 Å². The maximum absolute atomic E-state index is 5.63. The van der Waals surface area contributed by atoms with E-state index in [1.807, 2.05) is 0 Å². The summed E-state index contributed by atoms with van der Waals surface area (Å²) >= 11 is 2.22. The zero-order valence-corrected chi connectivity index (χ0v) is 15.0. The minimum absolute atomic E-state index is 0.681. The number of thioether (sulfide) groups is 1. The molecule has 2 unspecified atom stereocenters. The molecule has 126 valence electrons. The lowest BCUT2D eigenvalue weighted by molar-refractivity contribution is 0.134. The Labute approximate surface area is 144 Å². The summed E-state index contributed by atoms with van der Waals surface area (Å²) in [6.07, 6.45) is 9.84. The largest absolute Gasteiger partial charge is 0.381 e. The number of aromatic nitrogens is 1. The number of hydrogen-bond acceptors (Lipinski definition) is 4. The third kappa shape index (κ3) is 3.59. The fourth-order valence-electron chi connectivity index (χ4n) is 4.40. The molecule has 1 aromatic heterocycles. The first-order valence-corrected chi connectivity index (χ1v) is 10.2. The molecule has 0 saturated carbocycles. The molecular weight excluding hydrogens is 304 g/mol. The quantitative estimate of drug-likeness (QED) is 0.842. The molecule has 3 aliphatic rings. The minimum Gasteiger partial charge on any atom is -0.381 e. The van der Waals surface area contributed by atoms with Crippen LogP contribution < -0.4 is 0 Å². The zero-order chi connectivity index (χ0) is 15.6. The minimum atomic E-state index is 0.681. The maximum atomic E-state index is 5.63. The van der Waals surface area contributed by atoms with E-state index in [-0.39, 0.29) is 0 Å². The highest BCUT2D eigenvalue weighted by Crippen LogP contribution is 2.45. The van der Waals surface area contributed by atoms with Crippen LogP contribution in [0.1, 0.15) is 54.2 Å². The van der Waals surface area contributed by atoms with E-state index in [4.69, 9.17) is 4.74 Å². The average molecular weight is 333 g/mol. The van der Waals surface area contributed by atoms with Crippen molar-refractivity contribution in [1.29, 1.82) is 0 Å². The molecule has 0 bridgehead atoms. The highest BCUT2D eigenvalue weighted by molar-refractivity contribution is 8.00. The van der Waals surface area contributed by atoms with E-state index in [1.165, 1.54) is 57.2 Å². The van der Waals surface area contributed by atoms with Gasteiger partial charge in [-0.25, -0.2) is 0 Å². The number of fused-ring (bicyclic) bond motifs is 1. The molecule has 2 fully saturated rings. The van der Waals surface area contributed by atoms with Gasteiger partial charge in [0, 0.05) is 48.2 Å². The molecule has 0 spiro atoms. The molecule has 0 aromatic carbocycles. The van der Waals surface area contributed by atoms with Gasteiger partial charge in [0.1, 0.15) is 0 Å². The van der Waals surface area contributed by atoms with Crippen LogP contribution in [-0.2, 0) is 11.2 Å². The second-order valence-corrected chi connectivity index (χ2v) is 8.80. The predicted molar refractivity (Wildman–Crippen MR) is 96.1 cm³/mol. The first kappa shape index (κ1) is 15.9. The summed E-state index contributed by atoms with van der Waals surface area (Å²) in [5, 5.41) is 1.48. The summed E-state index contributed by atoms with van der Waals surface area (Å²) in [5.41, 5.74) is 4.23. The highest BCUT2D eigenvalue weighted by Gasteiger charge is 2.32. The van der Waals surface area contributed by atoms with Crippen molar-refractivity contribution >= 4 is 11.8 Å². The number of nitrogens with zero attached hydrogens (tertiary/aromatic N) is 2. The Balaban J connectivity index is 1.35. The van der Waals surface area contributed by atoms with Gasteiger partial charge in [-0.3, -0.25) is 9.88 Å². The van der Waals surface area contributed by atoms with Crippen molar-refractivity contribution in [2.75, 3.05) is 26.3 Å². The number of aryl methyl sites for hydroxylation is 2. The monoisotopic (exact) mass is 332 g/mol. The third-order valence-corrected chi connectivity index (χ3v) is 7.24. The van der Waals surface area contributed by atoms with Crippen LogP contribution in [0.15, 0.2) is 12.3 Å². The van der Waals surface area contributed by atoms with Crippen LogP contribution >= 0.6 is 11.8 Å². The van der Waals surface area contributed by atoms with Gasteiger partial charge in [0.05, 0.1) is 0 Å². The SMILES string of the molecule is Cc1cc2c(cn1)C(S[C@@H]1CCN(C3CCCOCC3)C1)CC2. The van der Waals surface area contributed by atoms with E-state index < -0.39 is 0 Å². The summed E-state index contributed by atoms with van der Waals surface area (Å²) in [6, 6.07) is 3.06. The predicted octanol–water partition coefficient (Wildman–Crippen LogP) is 3.75. The highest BCUT2D eigenvalue weighted by atomic mass is 32.2. The number of hydrogen-bond donors (Lipinski definition) is 0. The number of pyridine rings is 1. The number of rotatable bonds is 3. The van der Waals surface area contributed by atoms with Crippen molar-refractivity contribution in [1.82, 2.24) is 9.88 Å². The molecule has 4 heteroatoms. The number of ether oxygens (including phenoxy) is 1. The van der Waals surface area contributed by atoms with Gasteiger partial charge in [0.15, 0.2) is 0 Å². The van der Waals surface area contributed by atoms with Crippen LogP contribution in [0.4, 0.5) is 0 Å². The maximum Gasteiger partial charge on any atom is 0.0480 e. The van der Waals surface area contributed by atoms with Gasteiger partial charge in [0.25, 0.3) is 0 Å². The van der Waals surface area contributed by atoms with Crippen molar-refractivity contribution in [3.8, 4) is 0 Å². The van der Waals surface area contributed by atoms with E-state index in [1.54, 1.807) is 5.56 Å². The van der Waals surface area contributed by atoms with Gasteiger partial charge in [-0.15, -0.1) is 11.8 Å². The Hall–Kier alpha value is -0.580. The molecule has 23 heavy (non-hydrogen) atoms. The second kappa shape index (κ2) is 7.12. The van der Waals surface area contributed by atoms with Gasteiger partial charge in [-0.2, -0.15) is 0 Å². The van der Waals surface area contributed by atoms with E-state index in [2.05, 4.69) is 40.8 Å². The van der Waals surface area contributed by atoms with E-state index in [9.17, 15) is 0 Å². The summed E-state index contributed by atoms with van der Waals surface area (Å²) < 4.78 is 5.63. The lowest BCUT2D eigenvalue weighted by Crippen LogP contribution is -2.34. The van der Waals surface area contributed by atoms with Crippen LogP contribution in [0.5, 0.6) is 0 Å². The smallest absolute Gasteiger partial charge is 0.0480 e. The fraction of sp³-hybridized carbons (Fsp3) is 0.737. The van der Waals surface area contributed by atoms with Crippen molar-refractivity contribution in [2.24, 2.45) is 0 Å². The Morgan fingerprint density at radius 2 is 2.17 bits per heavy atom. The second-order valence-electron chi connectivity index (χ2n) is 7.29. The van der Waals surface area contributed by atoms with Crippen molar-refractivity contribution in [3.63, 3.8) is 0 Å². The molecule has 3 nitrogen and oxygen atoms in total. The number of likely N-dealkylation sites (tertiary alicyclic amines) is 1. The molecule has 2 saturated heterocycles. The van der Waals surface area contributed by atoms with E-state index in [0.29, 0.717) is 5.25 Å². The summed E-state index contributed by atoms with van der Waals surface area (Å²) in [5.74, 6) is 0. The molecule has 4 rings (SSSR count). The van der Waals surface area contributed by atoms with Gasteiger partial charge in [-0.1, -0.05) is 0 Å². The van der Waals surface area contributed by atoms with Crippen LogP contribution in [0.2, 0.25) is 0 Å². The van der Waals surface area contributed by atoms with Crippen LogP contribution in [0.3, 0.4) is 0 Å². The molecule has 0 radical (unpaired) electrons. The summed E-state index contributed by atoms with van der Waals surface area (Å²) in [7, 11) is 0. The van der Waals surface area contributed by atoms with Crippen LogP contribution in [-0.4, -0.2) is 47.5 Å². The summed E-state index contributed by atoms with van der Waals surface area (Å²) in [4.78, 5) is 7.28. The Morgan fingerprint density at radius 1 is 1.22 bits per heavy atom. The summed E-state index contributed by atoms with van der Waals surface area (Å²) in [6.45, 7) is 6.59. The fourth-order valence-corrected chi connectivity index (χ4v) is 5.99. The van der Waals surface area contributed by atoms with E-state index in [0.717, 1.165) is 30.2 Å². The molecule has 3 heterocycles. The standard InChI is InChI=1S/C19H28N2OS/c1-14-11-15-4-5-19(18(15)12-20-14)23-17-6-8-21(13-17)16-3-2-9-22-10-7-16/h11-12,16-17,19H,2-10,13H2,1H3/t16?,17-,19?/m1/s1. The Morgan fingerprint density at radius 3 is 3.13 bits per heavy atom. The van der Waals surface area contributed by atoms with Crippen molar-refractivity contribution in [3.05, 3.63) is 29.1 Å². The van der Waals surface area contributed by atoms with Crippen LogP contribution in [0, 0.1) is 6.92 Å². The van der Waals surface area contributed by atoms with Crippen LogP contribution in [0.25, 0.3) is 0 Å². The lowest BCUT2D eigenvalue weighted by atomic mass is 10.1. The molecule has 0 N–H and O–H groups in total.